The van der Waals surface area contributed by atoms with Crippen molar-refractivity contribution in [2.45, 2.75) is 51.4 Å². The zero-order chi connectivity index (χ0) is 12.6. The fourth-order valence-corrected chi connectivity index (χ4v) is 3.00. The average molecular weight is 233 g/mol. The minimum absolute atomic E-state index is 0.0407. The highest BCUT2D eigenvalue weighted by atomic mass is 16.3. The normalized spacial score (nSPS) is 18.2. The van der Waals surface area contributed by atoms with Crippen molar-refractivity contribution in [3.63, 3.8) is 0 Å². The zero-order valence-electron chi connectivity index (χ0n) is 11.1. The molecule has 2 nitrogen and oxygen atoms in total. The molecule has 1 aromatic rings. The Morgan fingerprint density at radius 2 is 2.00 bits per heavy atom. The van der Waals surface area contributed by atoms with Crippen molar-refractivity contribution < 1.29 is 5.11 Å². The summed E-state index contributed by atoms with van der Waals surface area (Å²) in [6, 6.07) is 4.17. The lowest BCUT2D eigenvalue weighted by Crippen LogP contribution is -2.42. The lowest BCUT2D eigenvalue weighted by Gasteiger charge is -2.43. The van der Waals surface area contributed by atoms with Crippen LogP contribution in [0.1, 0.15) is 55.7 Å². The van der Waals surface area contributed by atoms with Gasteiger partial charge in [-0.1, -0.05) is 32.4 Å². The van der Waals surface area contributed by atoms with Crippen LogP contribution in [0.25, 0.3) is 0 Å². The molecule has 0 aliphatic heterocycles. The molecule has 3 N–H and O–H groups in total. The van der Waals surface area contributed by atoms with Crippen LogP contribution in [0.5, 0.6) is 5.75 Å². The number of hydrogen-bond acceptors (Lipinski definition) is 2. The molecule has 0 saturated heterocycles. The summed E-state index contributed by atoms with van der Waals surface area (Å²) in [5.74, 6) is 0.842. The third-order valence-corrected chi connectivity index (χ3v) is 4.27. The number of rotatable bonds is 3. The first-order chi connectivity index (χ1) is 8.02. The van der Waals surface area contributed by atoms with Crippen LogP contribution in [-0.4, -0.2) is 11.7 Å². The van der Waals surface area contributed by atoms with Crippen LogP contribution in [0.15, 0.2) is 12.1 Å². The van der Waals surface area contributed by atoms with Gasteiger partial charge in [-0.3, -0.25) is 0 Å². The van der Waals surface area contributed by atoms with Crippen LogP contribution in [0.4, 0.5) is 0 Å². The van der Waals surface area contributed by atoms with Gasteiger partial charge in [-0.15, -0.1) is 0 Å². The van der Waals surface area contributed by atoms with E-state index >= 15 is 0 Å². The highest BCUT2D eigenvalue weighted by Crippen LogP contribution is 2.49. The van der Waals surface area contributed by atoms with Gasteiger partial charge in [-0.2, -0.15) is 0 Å². The summed E-state index contributed by atoms with van der Waals surface area (Å²) in [6.07, 6.45) is 3.45. The molecule has 94 valence electrons. The Bertz CT molecular complexity index is 414. The molecule has 1 aromatic carbocycles. The van der Waals surface area contributed by atoms with E-state index in [0.717, 1.165) is 24.0 Å². The second kappa shape index (κ2) is 4.34. The van der Waals surface area contributed by atoms with E-state index in [2.05, 4.69) is 26.8 Å². The minimum atomic E-state index is 0.0407. The van der Waals surface area contributed by atoms with Gasteiger partial charge in [0.15, 0.2) is 0 Å². The number of aromatic hydroxyl groups is 1. The van der Waals surface area contributed by atoms with Crippen LogP contribution in [0.2, 0.25) is 0 Å². The molecule has 1 fully saturated rings. The first-order valence-electron chi connectivity index (χ1n) is 6.55. The predicted molar refractivity (Wildman–Crippen MR) is 71.5 cm³/mol. The molecule has 1 aliphatic carbocycles. The Kier molecular flexibility index (Phi) is 3.17. The van der Waals surface area contributed by atoms with Gasteiger partial charge in [0.25, 0.3) is 0 Å². The van der Waals surface area contributed by atoms with E-state index in [1.807, 2.05) is 6.07 Å². The molecule has 0 bridgehead atoms. The van der Waals surface area contributed by atoms with E-state index in [9.17, 15) is 5.11 Å². The zero-order valence-corrected chi connectivity index (χ0v) is 11.1. The first-order valence-corrected chi connectivity index (χ1v) is 6.55. The molecule has 0 spiro atoms. The second-order valence-electron chi connectivity index (χ2n) is 5.69. The van der Waals surface area contributed by atoms with Crippen molar-refractivity contribution in [1.29, 1.82) is 0 Å². The standard InChI is InChI=1S/C15H23NO/c1-10(2)12-6-5-11(3)13(14(12)17)15(9-16)7-4-8-15/h5-6,10,17H,4,7-9,16H2,1-3H3. The molecular weight excluding hydrogens is 210 g/mol. The Morgan fingerprint density at radius 1 is 1.35 bits per heavy atom. The van der Waals surface area contributed by atoms with Gasteiger partial charge in [0, 0.05) is 17.5 Å². The molecule has 0 aromatic heterocycles. The SMILES string of the molecule is Cc1ccc(C(C)C)c(O)c1C1(CN)CCC1. The highest BCUT2D eigenvalue weighted by molar-refractivity contribution is 5.51. The lowest BCUT2D eigenvalue weighted by molar-refractivity contribution is 0.243. The number of phenolic OH excluding ortho intramolecular Hbond substituents is 1. The maximum absolute atomic E-state index is 10.5. The highest BCUT2D eigenvalue weighted by Gasteiger charge is 2.40. The van der Waals surface area contributed by atoms with Crippen molar-refractivity contribution in [2.24, 2.45) is 5.73 Å². The van der Waals surface area contributed by atoms with Crippen molar-refractivity contribution in [2.75, 3.05) is 6.54 Å². The van der Waals surface area contributed by atoms with Gasteiger partial charge in [0.2, 0.25) is 0 Å². The number of hydrogen-bond donors (Lipinski definition) is 2. The average Bonchev–Trinajstić information content (AvgIpc) is 2.21. The number of nitrogens with two attached hydrogens (primary N) is 1. The van der Waals surface area contributed by atoms with Crippen LogP contribution >= 0.6 is 0 Å². The molecule has 1 saturated carbocycles. The third kappa shape index (κ3) is 1.85. The summed E-state index contributed by atoms with van der Waals surface area (Å²) in [4.78, 5) is 0. The first kappa shape index (κ1) is 12.4. The summed E-state index contributed by atoms with van der Waals surface area (Å²) in [5.41, 5.74) is 9.33. The van der Waals surface area contributed by atoms with Crippen LogP contribution in [0, 0.1) is 6.92 Å². The summed E-state index contributed by atoms with van der Waals surface area (Å²) >= 11 is 0. The van der Waals surface area contributed by atoms with Crippen molar-refractivity contribution in [3.8, 4) is 5.75 Å². The van der Waals surface area contributed by atoms with Gasteiger partial charge in [0.1, 0.15) is 5.75 Å². The smallest absolute Gasteiger partial charge is 0.123 e. The fraction of sp³-hybridized carbons (Fsp3) is 0.600. The summed E-state index contributed by atoms with van der Waals surface area (Å²) in [7, 11) is 0. The van der Waals surface area contributed by atoms with E-state index < -0.39 is 0 Å². The molecule has 0 radical (unpaired) electrons. The molecule has 0 unspecified atom stereocenters. The summed E-state index contributed by atoms with van der Waals surface area (Å²) in [5, 5.41) is 10.5. The molecular formula is C15H23NO. The van der Waals surface area contributed by atoms with Gasteiger partial charge < -0.3 is 10.8 Å². The van der Waals surface area contributed by atoms with Gasteiger partial charge in [-0.05, 0) is 36.8 Å². The van der Waals surface area contributed by atoms with E-state index in [1.54, 1.807) is 0 Å². The van der Waals surface area contributed by atoms with Crippen LogP contribution < -0.4 is 5.73 Å². The fourth-order valence-electron chi connectivity index (χ4n) is 3.00. The number of phenols is 1. The number of benzene rings is 1. The van der Waals surface area contributed by atoms with E-state index in [4.69, 9.17) is 5.73 Å². The Morgan fingerprint density at radius 3 is 2.41 bits per heavy atom. The molecule has 2 rings (SSSR count). The third-order valence-electron chi connectivity index (χ3n) is 4.27. The van der Waals surface area contributed by atoms with Crippen LogP contribution in [0.3, 0.4) is 0 Å². The Balaban J connectivity index is 2.56. The quantitative estimate of drug-likeness (QED) is 0.842. The largest absolute Gasteiger partial charge is 0.507 e. The lowest BCUT2D eigenvalue weighted by atomic mass is 9.62. The van der Waals surface area contributed by atoms with Crippen molar-refractivity contribution in [1.82, 2.24) is 0 Å². The Labute approximate surface area is 104 Å². The van der Waals surface area contributed by atoms with Crippen molar-refractivity contribution >= 4 is 0 Å². The van der Waals surface area contributed by atoms with E-state index in [-0.39, 0.29) is 5.41 Å². The van der Waals surface area contributed by atoms with Gasteiger partial charge in [0.05, 0.1) is 0 Å². The maximum atomic E-state index is 10.5. The number of aryl methyl sites for hydroxylation is 1. The van der Waals surface area contributed by atoms with Crippen LogP contribution in [-0.2, 0) is 5.41 Å². The summed E-state index contributed by atoms with van der Waals surface area (Å²) in [6.45, 7) is 6.95. The van der Waals surface area contributed by atoms with Gasteiger partial charge in [-0.25, -0.2) is 0 Å². The topological polar surface area (TPSA) is 46.2 Å². The molecule has 1 aliphatic rings. The van der Waals surface area contributed by atoms with Gasteiger partial charge >= 0.3 is 0 Å². The summed E-state index contributed by atoms with van der Waals surface area (Å²) < 4.78 is 0. The minimum Gasteiger partial charge on any atom is -0.507 e. The molecule has 17 heavy (non-hydrogen) atoms. The predicted octanol–water partition coefficient (Wildman–Crippen LogP) is 3.20. The van der Waals surface area contributed by atoms with E-state index in [0.29, 0.717) is 18.2 Å². The monoisotopic (exact) mass is 233 g/mol. The molecule has 0 amide bonds. The van der Waals surface area contributed by atoms with Crippen molar-refractivity contribution in [3.05, 3.63) is 28.8 Å². The second-order valence-corrected chi connectivity index (χ2v) is 5.69. The Hall–Kier alpha value is -1.02. The molecule has 0 atom stereocenters. The maximum Gasteiger partial charge on any atom is 0.123 e. The molecule has 0 heterocycles. The molecule has 2 heteroatoms. The van der Waals surface area contributed by atoms with E-state index in [1.165, 1.54) is 12.0 Å².